The summed E-state index contributed by atoms with van der Waals surface area (Å²) in [5, 5.41) is 4.13. The van der Waals surface area contributed by atoms with E-state index in [9.17, 15) is 0 Å². The summed E-state index contributed by atoms with van der Waals surface area (Å²) in [6, 6.07) is 8.20. The summed E-state index contributed by atoms with van der Waals surface area (Å²) in [4.78, 5) is 13.4. The molecule has 0 atom stereocenters. The van der Waals surface area contributed by atoms with Crippen LogP contribution >= 0.6 is 0 Å². The molecule has 1 saturated heterocycles. The average Bonchev–Trinajstić information content (AvgIpc) is 3.10. The zero-order valence-corrected chi connectivity index (χ0v) is 13.7. The first-order valence-corrected chi connectivity index (χ1v) is 8.07. The lowest BCUT2D eigenvalue weighted by Crippen LogP contribution is -2.46. The van der Waals surface area contributed by atoms with Gasteiger partial charge in [0, 0.05) is 45.0 Å². The molecular formula is C17H20N6O. The van der Waals surface area contributed by atoms with E-state index in [-0.39, 0.29) is 0 Å². The summed E-state index contributed by atoms with van der Waals surface area (Å²) in [6.45, 7) is 5.01. The highest BCUT2D eigenvalue weighted by atomic mass is 16.5. The number of ether oxygens (including phenoxy) is 1. The smallest absolute Gasteiger partial charge is 0.213 e. The molecule has 1 aliphatic heterocycles. The molecule has 0 bridgehead atoms. The van der Waals surface area contributed by atoms with Crippen LogP contribution in [0.25, 0.3) is 5.65 Å². The van der Waals surface area contributed by atoms with Crippen LogP contribution < -0.4 is 9.64 Å². The number of fused-ring (bicyclic) bond motifs is 1. The molecule has 0 unspecified atom stereocenters. The minimum absolute atomic E-state index is 0.654. The van der Waals surface area contributed by atoms with Gasteiger partial charge in [0.05, 0.1) is 19.0 Å². The van der Waals surface area contributed by atoms with Crippen molar-refractivity contribution in [1.82, 2.24) is 24.5 Å². The van der Waals surface area contributed by atoms with Gasteiger partial charge in [-0.3, -0.25) is 4.90 Å². The Morgan fingerprint density at radius 2 is 1.96 bits per heavy atom. The molecule has 0 saturated carbocycles. The lowest BCUT2D eigenvalue weighted by Gasteiger charge is -2.36. The van der Waals surface area contributed by atoms with Crippen LogP contribution in [0.4, 0.5) is 5.69 Å². The van der Waals surface area contributed by atoms with Crippen LogP contribution in [-0.2, 0) is 6.54 Å². The first kappa shape index (κ1) is 14.9. The van der Waals surface area contributed by atoms with Gasteiger partial charge in [-0.05, 0) is 23.8 Å². The number of hydrogen-bond donors (Lipinski definition) is 0. The summed E-state index contributed by atoms with van der Waals surface area (Å²) >= 11 is 0. The topological polar surface area (TPSA) is 58.8 Å². The quantitative estimate of drug-likeness (QED) is 0.724. The van der Waals surface area contributed by atoms with Gasteiger partial charge in [0.1, 0.15) is 6.33 Å². The second-order valence-electron chi connectivity index (χ2n) is 5.92. The third-order valence-corrected chi connectivity index (χ3v) is 4.42. The van der Waals surface area contributed by atoms with E-state index in [0.717, 1.165) is 44.1 Å². The maximum absolute atomic E-state index is 5.12. The zero-order chi connectivity index (χ0) is 16.4. The molecule has 1 fully saturated rings. The van der Waals surface area contributed by atoms with Crippen LogP contribution in [0, 0.1) is 0 Å². The average molecular weight is 324 g/mol. The molecular weight excluding hydrogens is 304 g/mol. The van der Waals surface area contributed by atoms with Gasteiger partial charge in [0.15, 0.2) is 5.65 Å². The van der Waals surface area contributed by atoms with Crippen LogP contribution in [0.15, 0.2) is 43.0 Å². The summed E-state index contributed by atoms with van der Waals surface area (Å²) in [5.74, 6) is 0.654. The van der Waals surface area contributed by atoms with Gasteiger partial charge in [-0.15, -0.1) is 0 Å². The predicted molar refractivity (Wildman–Crippen MR) is 91.3 cm³/mol. The molecule has 3 aromatic heterocycles. The highest BCUT2D eigenvalue weighted by Gasteiger charge is 2.17. The Kier molecular flexibility index (Phi) is 4.00. The number of aromatic nitrogens is 4. The summed E-state index contributed by atoms with van der Waals surface area (Å²) < 4.78 is 6.91. The number of piperazine rings is 1. The number of pyridine rings is 2. The maximum Gasteiger partial charge on any atom is 0.213 e. The Morgan fingerprint density at radius 1 is 1.08 bits per heavy atom. The summed E-state index contributed by atoms with van der Waals surface area (Å²) in [7, 11) is 1.64. The van der Waals surface area contributed by atoms with Gasteiger partial charge < -0.3 is 9.64 Å². The minimum atomic E-state index is 0.654. The summed E-state index contributed by atoms with van der Waals surface area (Å²) in [5.41, 5.74) is 3.32. The van der Waals surface area contributed by atoms with E-state index in [1.54, 1.807) is 18.0 Å². The number of hydrogen-bond acceptors (Lipinski definition) is 6. The van der Waals surface area contributed by atoms with Crippen molar-refractivity contribution in [1.29, 1.82) is 0 Å². The van der Waals surface area contributed by atoms with Gasteiger partial charge in [-0.1, -0.05) is 0 Å². The van der Waals surface area contributed by atoms with Crippen molar-refractivity contribution in [2.24, 2.45) is 0 Å². The predicted octanol–water partition coefficient (Wildman–Crippen LogP) is 1.46. The lowest BCUT2D eigenvalue weighted by molar-refractivity contribution is 0.250. The fourth-order valence-electron chi connectivity index (χ4n) is 3.06. The molecule has 7 heteroatoms. The number of rotatable bonds is 4. The molecule has 0 N–H and O–H groups in total. The van der Waals surface area contributed by atoms with Gasteiger partial charge in [0.2, 0.25) is 5.88 Å². The number of nitrogens with zero attached hydrogens (tertiary/aromatic N) is 6. The Morgan fingerprint density at radius 3 is 2.71 bits per heavy atom. The molecule has 124 valence electrons. The molecule has 4 rings (SSSR count). The summed E-state index contributed by atoms with van der Waals surface area (Å²) in [6.07, 6.45) is 5.44. The fraction of sp³-hybridized carbons (Fsp3) is 0.353. The van der Waals surface area contributed by atoms with Crippen molar-refractivity contribution < 1.29 is 4.74 Å². The Bertz CT molecular complexity index is 807. The van der Waals surface area contributed by atoms with E-state index in [0.29, 0.717) is 5.88 Å². The van der Waals surface area contributed by atoms with E-state index in [2.05, 4.69) is 43.1 Å². The van der Waals surface area contributed by atoms with Crippen LogP contribution in [0.1, 0.15) is 5.56 Å². The number of anilines is 1. The van der Waals surface area contributed by atoms with Crippen LogP contribution in [-0.4, -0.2) is 57.8 Å². The van der Waals surface area contributed by atoms with E-state index in [1.807, 2.05) is 18.5 Å². The maximum atomic E-state index is 5.12. The first-order valence-electron chi connectivity index (χ1n) is 8.07. The van der Waals surface area contributed by atoms with Crippen molar-refractivity contribution in [2.75, 3.05) is 38.2 Å². The molecule has 4 heterocycles. The van der Waals surface area contributed by atoms with Crippen LogP contribution in [0.3, 0.4) is 0 Å². The van der Waals surface area contributed by atoms with Crippen molar-refractivity contribution >= 4 is 11.3 Å². The van der Waals surface area contributed by atoms with Crippen molar-refractivity contribution in [2.45, 2.75) is 6.54 Å². The van der Waals surface area contributed by atoms with Gasteiger partial charge in [-0.2, -0.15) is 5.10 Å². The molecule has 24 heavy (non-hydrogen) atoms. The Labute approximate surface area is 140 Å². The van der Waals surface area contributed by atoms with Gasteiger partial charge in [-0.25, -0.2) is 14.5 Å². The van der Waals surface area contributed by atoms with Crippen molar-refractivity contribution in [3.05, 3.63) is 48.5 Å². The first-order chi connectivity index (χ1) is 11.8. The molecule has 3 aromatic rings. The van der Waals surface area contributed by atoms with Crippen LogP contribution in [0.5, 0.6) is 5.88 Å². The monoisotopic (exact) mass is 324 g/mol. The Balaban J connectivity index is 1.36. The second-order valence-corrected chi connectivity index (χ2v) is 5.92. The SMILES string of the molecule is COc1ccc(N2CCN(Cc3ccn4ncnc4c3)CC2)cn1. The second kappa shape index (κ2) is 6.45. The lowest BCUT2D eigenvalue weighted by atomic mass is 10.2. The molecule has 0 radical (unpaired) electrons. The molecule has 0 aliphatic carbocycles. The molecule has 0 aromatic carbocycles. The third kappa shape index (κ3) is 3.03. The molecule has 0 spiro atoms. The van der Waals surface area contributed by atoms with E-state index < -0.39 is 0 Å². The normalized spacial score (nSPS) is 15.8. The van der Waals surface area contributed by atoms with E-state index in [4.69, 9.17) is 4.74 Å². The number of methoxy groups -OCH3 is 1. The van der Waals surface area contributed by atoms with E-state index >= 15 is 0 Å². The highest BCUT2D eigenvalue weighted by Crippen LogP contribution is 2.18. The zero-order valence-electron chi connectivity index (χ0n) is 13.7. The molecule has 0 amide bonds. The minimum Gasteiger partial charge on any atom is -0.481 e. The largest absolute Gasteiger partial charge is 0.481 e. The van der Waals surface area contributed by atoms with E-state index in [1.165, 1.54) is 5.56 Å². The third-order valence-electron chi connectivity index (χ3n) is 4.42. The molecule has 1 aliphatic rings. The van der Waals surface area contributed by atoms with Gasteiger partial charge in [0.25, 0.3) is 0 Å². The Hall–Kier alpha value is -2.67. The fourth-order valence-corrected chi connectivity index (χ4v) is 3.06. The molecule has 7 nitrogen and oxygen atoms in total. The van der Waals surface area contributed by atoms with Gasteiger partial charge >= 0.3 is 0 Å². The van der Waals surface area contributed by atoms with Crippen molar-refractivity contribution in [3.8, 4) is 5.88 Å². The van der Waals surface area contributed by atoms with Crippen molar-refractivity contribution in [3.63, 3.8) is 0 Å². The highest BCUT2D eigenvalue weighted by molar-refractivity contribution is 5.46. The van der Waals surface area contributed by atoms with Crippen LogP contribution in [0.2, 0.25) is 0 Å². The standard InChI is InChI=1S/C17H20N6O/c1-24-17-3-2-15(11-18-17)22-8-6-21(7-9-22)12-14-4-5-23-16(10-14)19-13-20-23/h2-5,10-11,13H,6-9,12H2,1H3.